The molecule has 2 heterocycles. The van der Waals surface area contributed by atoms with Gasteiger partial charge in [0.15, 0.2) is 0 Å². The van der Waals surface area contributed by atoms with Crippen molar-refractivity contribution < 1.29 is 4.42 Å². The van der Waals surface area contributed by atoms with Crippen LogP contribution in [0.25, 0.3) is 0 Å². The number of furan rings is 1. The standard InChI is InChI=1S/C17H22N2O/c1-19-11-9-15(10-12-19)18-17(16-8-5-13-20-16)14-6-3-2-4-7-14/h2-8,13,15,17-18H,9-12H2,1H3. The third-order valence-corrected chi connectivity index (χ3v) is 4.08. The molecule has 1 unspecified atom stereocenters. The van der Waals surface area contributed by atoms with Crippen LogP contribution in [0.2, 0.25) is 0 Å². The first-order valence-electron chi connectivity index (χ1n) is 7.36. The molecular formula is C17H22N2O. The summed E-state index contributed by atoms with van der Waals surface area (Å²) >= 11 is 0. The molecule has 1 atom stereocenters. The van der Waals surface area contributed by atoms with Crippen molar-refractivity contribution in [1.29, 1.82) is 0 Å². The summed E-state index contributed by atoms with van der Waals surface area (Å²) in [4.78, 5) is 2.39. The van der Waals surface area contributed by atoms with E-state index < -0.39 is 0 Å². The zero-order chi connectivity index (χ0) is 13.8. The Labute approximate surface area is 120 Å². The molecule has 0 amide bonds. The minimum atomic E-state index is 0.152. The van der Waals surface area contributed by atoms with Crippen molar-refractivity contribution >= 4 is 0 Å². The maximum absolute atomic E-state index is 5.64. The van der Waals surface area contributed by atoms with Crippen LogP contribution in [0.1, 0.15) is 30.2 Å². The molecule has 1 aromatic heterocycles. The summed E-state index contributed by atoms with van der Waals surface area (Å²) in [6.45, 7) is 2.33. The van der Waals surface area contributed by atoms with Gasteiger partial charge in [-0.2, -0.15) is 0 Å². The fourth-order valence-corrected chi connectivity index (χ4v) is 2.85. The summed E-state index contributed by atoms with van der Waals surface area (Å²) in [7, 11) is 2.19. The first kappa shape index (κ1) is 13.4. The summed E-state index contributed by atoms with van der Waals surface area (Å²) < 4.78 is 5.64. The molecule has 1 N–H and O–H groups in total. The van der Waals surface area contributed by atoms with Gasteiger partial charge in [0.2, 0.25) is 0 Å². The Morgan fingerprint density at radius 3 is 2.50 bits per heavy atom. The molecule has 2 aromatic rings. The quantitative estimate of drug-likeness (QED) is 0.925. The maximum Gasteiger partial charge on any atom is 0.125 e. The van der Waals surface area contributed by atoms with E-state index >= 15 is 0 Å². The van der Waals surface area contributed by atoms with Gasteiger partial charge in [-0.1, -0.05) is 30.3 Å². The Balaban J connectivity index is 1.77. The van der Waals surface area contributed by atoms with E-state index in [4.69, 9.17) is 4.42 Å². The van der Waals surface area contributed by atoms with Crippen LogP contribution in [0.4, 0.5) is 0 Å². The molecule has 1 aliphatic heterocycles. The van der Waals surface area contributed by atoms with Gasteiger partial charge in [0, 0.05) is 6.04 Å². The van der Waals surface area contributed by atoms with E-state index in [1.165, 1.54) is 18.4 Å². The Morgan fingerprint density at radius 1 is 1.10 bits per heavy atom. The van der Waals surface area contributed by atoms with Gasteiger partial charge in [-0.05, 0) is 50.7 Å². The SMILES string of the molecule is CN1CCC(NC(c2ccccc2)c2ccco2)CC1. The first-order valence-corrected chi connectivity index (χ1v) is 7.36. The minimum absolute atomic E-state index is 0.152. The number of nitrogens with one attached hydrogen (secondary N) is 1. The van der Waals surface area contributed by atoms with E-state index in [1.807, 2.05) is 6.07 Å². The number of likely N-dealkylation sites (tertiary alicyclic amines) is 1. The van der Waals surface area contributed by atoms with Gasteiger partial charge in [0.25, 0.3) is 0 Å². The molecule has 0 spiro atoms. The highest BCUT2D eigenvalue weighted by Gasteiger charge is 2.23. The van der Waals surface area contributed by atoms with Crippen LogP contribution in [-0.4, -0.2) is 31.1 Å². The van der Waals surface area contributed by atoms with E-state index in [0.29, 0.717) is 6.04 Å². The molecule has 3 nitrogen and oxygen atoms in total. The van der Waals surface area contributed by atoms with E-state index in [9.17, 15) is 0 Å². The van der Waals surface area contributed by atoms with Crippen LogP contribution in [-0.2, 0) is 0 Å². The third-order valence-electron chi connectivity index (χ3n) is 4.08. The van der Waals surface area contributed by atoms with Crippen molar-refractivity contribution in [3.63, 3.8) is 0 Å². The third kappa shape index (κ3) is 3.11. The molecule has 1 saturated heterocycles. The number of nitrogens with zero attached hydrogens (tertiary/aromatic N) is 1. The van der Waals surface area contributed by atoms with Gasteiger partial charge in [-0.25, -0.2) is 0 Å². The van der Waals surface area contributed by atoms with Crippen molar-refractivity contribution in [1.82, 2.24) is 10.2 Å². The van der Waals surface area contributed by atoms with Crippen molar-refractivity contribution in [2.45, 2.75) is 24.9 Å². The smallest absolute Gasteiger partial charge is 0.125 e. The van der Waals surface area contributed by atoms with Crippen molar-refractivity contribution in [3.8, 4) is 0 Å². The van der Waals surface area contributed by atoms with E-state index in [2.05, 4.69) is 53.7 Å². The second-order valence-corrected chi connectivity index (χ2v) is 5.60. The molecule has 20 heavy (non-hydrogen) atoms. The van der Waals surface area contributed by atoms with Crippen LogP contribution in [0.3, 0.4) is 0 Å². The minimum Gasteiger partial charge on any atom is -0.467 e. The highest BCUT2D eigenvalue weighted by atomic mass is 16.3. The predicted octanol–water partition coefficient (Wildman–Crippen LogP) is 3.05. The van der Waals surface area contributed by atoms with Gasteiger partial charge >= 0.3 is 0 Å². The van der Waals surface area contributed by atoms with E-state index in [0.717, 1.165) is 18.8 Å². The van der Waals surface area contributed by atoms with Crippen LogP contribution in [0.5, 0.6) is 0 Å². The zero-order valence-electron chi connectivity index (χ0n) is 12.0. The molecule has 0 aliphatic carbocycles. The predicted molar refractivity (Wildman–Crippen MR) is 80.6 cm³/mol. The van der Waals surface area contributed by atoms with Crippen molar-refractivity contribution in [2.24, 2.45) is 0 Å². The summed E-state index contributed by atoms with van der Waals surface area (Å²) in [5.74, 6) is 0.995. The molecule has 3 heteroatoms. The summed E-state index contributed by atoms with van der Waals surface area (Å²) in [6.07, 6.45) is 4.14. The molecule has 106 valence electrons. The van der Waals surface area contributed by atoms with Gasteiger partial charge in [-0.3, -0.25) is 0 Å². The number of hydrogen-bond donors (Lipinski definition) is 1. The highest BCUT2D eigenvalue weighted by molar-refractivity contribution is 5.26. The largest absolute Gasteiger partial charge is 0.467 e. The van der Waals surface area contributed by atoms with E-state index in [-0.39, 0.29) is 6.04 Å². The molecular weight excluding hydrogens is 248 g/mol. The normalized spacial score (nSPS) is 19.1. The molecule has 1 aromatic carbocycles. The lowest BCUT2D eigenvalue weighted by atomic mass is 9.99. The summed E-state index contributed by atoms with van der Waals surface area (Å²) in [5.41, 5.74) is 1.27. The summed E-state index contributed by atoms with van der Waals surface area (Å²) in [6, 6.07) is 15.3. The Hall–Kier alpha value is -1.58. The molecule has 1 aliphatic rings. The van der Waals surface area contributed by atoms with Gasteiger partial charge in [0.1, 0.15) is 5.76 Å². The van der Waals surface area contributed by atoms with Crippen LogP contribution in [0, 0.1) is 0 Å². The lowest BCUT2D eigenvalue weighted by molar-refractivity contribution is 0.225. The maximum atomic E-state index is 5.64. The molecule has 0 radical (unpaired) electrons. The van der Waals surface area contributed by atoms with Crippen LogP contribution < -0.4 is 5.32 Å². The van der Waals surface area contributed by atoms with Crippen LogP contribution in [0.15, 0.2) is 53.1 Å². The second kappa shape index (κ2) is 6.25. The number of hydrogen-bond acceptors (Lipinski definition) is 3. The Morgan fingerprint density at radius 2 is 1.85 bits per heavy atom. The number of benzene rings is 1. The second-order valence-electron chi connectivity index (χ2n) is 5.60. The first-order chi connectivity index (χ1) is 9.83. The fourth-order valence-electron chi connectivity index (χ4n) is 2.85. The van der Waals surface area contributed by atoms with Crippen molar-refractivity contribution in [3.05, 3.63) is 60.1 Å². The van der Waals surface area contributed by atoms with Crippen molar-refractivity contribution in [2.75, 3.05) is 20.1 Å². The average molecular weight is 270 g/mol. The number of piperidine rings is 1. The topological polar surface area (TPSA) is 28.4 Å². The summed E-state index contributed by atoms with van der Waals surface area (Å²) in [5, 5.41) is 3.77. The van der Waals surface area contributed by atoms with E-state index in [1.54, 1.807) is 6.26 Å². The molecule has 3 rings (SSSR count). The molecule has 1 fully saturated rings. The van der Waals surface area contributed by atoms with Crippen LogP contribution >= 0.6 is 0 Å². The number of rotatable bonds is 4. The average Bonchev–Trinajstić information content (AvgIpc) is 3.01. The monoisotopic (exact) mass is 270 g/mol. The van der Waals surface area contributed by atoms with Gasteiger partial charge in [0.05, 0.1) is 12.3 Å². The Kier molecular flexibility index (Phi) is 4.19. The molecule has 0 saturated carbocycles. The Bertz CT molecular complexity index is 501. The lowest BCUT2D eigenvalue weighted by Gasteiger charge is -2.32. The lowest BCUT2D eigenvalue weighted by Crippen LogP contribution is -2.42. The fraction of sp³-hybridized carbons (Fsp3) is 0.412. The van der Waals surface area contributed by atoms with Gasteiger partial charge in [-0.15, -0.1) is 0 Å². The highest BCUT2D eigenvalue weighted by Crippen LogP contribution is 2.24. The van der Waals surface area contributed by atoms with Gasteiger partial charge < -0.3 is 14.6 Å². The molecule has 0 bridgehead atoms. The zero-order valence-corrected chi connectivity index (χ0v) is 12.0.